The van der Waals surface area contributed by atoms with Gasteiger partial charge in [-0.1, -0.05) is 30.3 Å². The second-order valence-corrected chi connectivity index (χ2v) is 10.0. The zero-order valence-corrected chi connectivity index (χ0v) is 21.4. The molecule has 9 nitrogen and oxygen atoms in total. The number of alkyl halides is 3. The van der Waals surface area contributed by atoms with E-state index in [4.69, 9.17) is 4.74 Å². The summed E-state index contributed by atoms with van der Waals surface area (Å²) in [6.45, 7) is 4.98. The van der Waals surface area contributed by atoms with Gasteiger partial charge in [-0.05, 0) is 38.1 Å². The van der Waals surface area contributed by atoms with Crippen LogP contribution in [0.4, 0.5) is 24.5 Å². The highest BCUT2D eigenvalue weighted by atomic mass is 19.4. The monoisotopic (exact) mass is 546 g/mol. The molecule has 0 radical (unpaired) electrons. The summed E-state index contributed by atoms with van der Waals surface area (Å²) in [5, 5.41) is 14.4. The smallest absolute Gasteiger partial charge is 0.450 e. The summed E-state index contributed by atoms with van der Waals surface area (Å²) in [6.07, 6.45) is -4.21. The predicted octanol–water partition coefficient (Wildman–Crippen LogP) is 3.65. The van der Waals surface area contributed by atoms with E-state index in [-0.39, 0.29) is 17.9 Å². The van der Waals surface area contributed by atoms with Gasteiger partial charge in [-0.15, -0.1) is 0 Å². The van der Waals surface area contributed by atoms with Gasteiger partial charge in [-0.2, -0.15) is 13.2 Å². The summed E-state index contributed by atoms with van der Waals surface area (Å²) in [5.41, 5.74) is -1.84. The van der Waals surface area contributed by atoms with Crippen molar-refractivity contribution in [1.29, 1.82) is 0 Å². The molecule has 2 amide bonds. The van der Waals surface area contributed by atoms with Crippen LogP contribution in [0.5, 0.6) is 0 Å². The van der Waals surface area contributed by atoms with Crippen molar-refractivity contribution in [2.24, 2.45) is 5.41 Å². The maximum atomic E-state index is 13.3. The molecule has 0 spiro atoms. The largest absolute Gasteiger partial charge is 0.481 e. The first-order valence-electron chi connectivity index (χ1n) is 12.3. The predicted molar refractivity (Wildman–Crippen MR) is 136 cm³/mol. The Bertz CT molecular complexity index is 1260. The topological polar surface area (TPSA) is 111 Å². The van der Waals surface area contributed by atoms with E-state index in [1.165, 1.54) is 26.0 Å². The second kappa shape index (κ2) is 10.5. The zero-order valence-electron chi connectivity index (χ0n) is 21.4. The van der Waals surface area contributed by atoms with Crippen LogP contribution in [0.1, 0.15) is 25.8 Å². The first kappa shape index (κ1) is 27.8. The standard InChI is InChI=1S/C27H29F3N4O5/c1-25(2,24(37)38)16-22(35)34-14-12-33(13-15-34)20-10-8-19(9-11-20)32-23(36)26(18-6-4-3-5-7-18)31-17-21(39-26)27(28,29)30/h3-11,17,31H,12-16H2,1-2H3,(H,32,36)(H,37,38). The SMILES string of the molecule is CC(C)(CC(=O)N1CCN(c2ccc(NC(=O)C3(c4ccccc4)NC=C(C(F)(F)F)O3)cc2)CC1)C(=O)O. The molecule has 39 heavy (non-hydrogen) atoms. The Hall–Kier alpha value is -4.22. The number of anilines is 2. The van der Waals surface area contributed by atoms with Crippen LogP contribution in [0, 0.1) is 5.41 Å². The normalized spacial score (nSPS) is 19.6. The van der Waals surface area contributed by atoms with Gasteiger partial charge in [0.15, 0.2) is 0 Å². The quantitative estimate of drug-likeness (QED) is 0.486. The van der Waals surface area contributed by atoms with Gasteiger partial charge in [0.1, 0.15) is 0 Å². The molecule has 1 unspecified atom stereocenters. The Kier molecular flexibility index (Phi) is 7.49. The van der Waals surface area contributed by atoms with Gasteiger partial charge in [0.05, 0.1) is 5.41 Å². The minimum absolute atomic E-state index is 0.0836. The van der Waals surface area contributed by atoms with Crippen LogP contribution in [0.3, 0.4) is 0 Å². The number of halogens is 3. The molecule has 0 aromatic heterocycles. The first-order valence-corrected chi connectivity index (χ1v) is 12.3. The molecule has 0 saturated carbocycles. The van der Waals surface area contributed by atoms with Crippen LogP contribution >= 0.6 is 0 Å². The molecule has 2 heterocycles. The Morgan fingerprint density at radius 2 is 1.62 bits per heavy atom. The average Bonchev–Trinajstić information content (AvgIpc) is 3.37. The number of benzene rings is 2. The minimum atomic E-state index is -4.77. The summed E-state index contributed by atoms with van der Waals surface area (Å²) in [6, 6.07) is 14.6. The van der Waals surface area contributed by atoms with Crippen molar-refractivity contribution < 1.29 is 37.4 Å². The lowest BCUT2D eigenvalue weighted by Gasteiger charge is -2.37. The Labute approximate surface area is 223 Å². The molecule has 2 aliphatic heterocycles. The molecule has 0 aliphatic carbocycles. The number of nitrogens with zero attached hydrogens (tertiary/aromatic N) is 2. The van der Waals surface area contributed by atoms with E-state index < -0.39 is 35.0 Å². The molecule has 4 rings (SSSR count). The summed E-state index contributed by atoms with van der Waals surface area (Å²) in [5.74, 6) is -3.36. The van der Waals surface area contributed by atoms with Crippen molar-refractivity contribution in [3.8, 4) is 0 Å². The van der Waals surface area contributed by atoms with Crippen LogP contribution in [0.2, 0.25) is 0 Å². The number of carbonyl (C=O) groups excluding carboxylic acids is 2. The first-order chi connectivity index (χ1) is 18.3. The van der Waals surface area contributed by atoms with Crippen molar-refractivity contribution in [3.63, 3.8) is 0 Å². The molecule has 1 fully saturated rings. The molecule has 208 valence electrons. The lowest BCUT2D eigenvalue weighted by Crippen LogP contribution is -2.50. The molecule has 2 aliphatic rings. The van der Waals surface area contributed by atoms with E-state index in [0.717, 1.165) is 5.69 Å². The van der Waals surface area contributed by atoms with Crippen LogP contribution < -0.4 is 15.5 Å². The Balaban J connectivity index is 1.39. The van der Waals surface area contributed by atoms with Crippen molar-refractivity contribution in [2.75, 3.05) is 36.4 Å². The fraction of sp³-hybridized carbons (Fsp3) is 0.370. The summed E-state index contributed by atoms with van der Waals surface area (Å²) < 4.78 is 45.0. The lowest BCUT2D eigenvalue weighted by atomic mass is 9.89. The fourth-order valence-electron chi connectivity index (χ4n) is 4.34. The second-order valence-electron chi connectivity index (χ2n) is 10.0. The third-order valence-corrected chi connectivity index (χ3v) is 6.74. The maximum absolute atomic E-state index is 13.3. The van der Waals surface area contributed by atoms with E-state index in [9.17, 15) is 32.7 Å². The number of amides is 2. The highest BCUT2D eigenvalue weighted by Crippen LogP contribution is 2.38. The molecular formula is C27H29F3N4O5. The van der Waals surface area contributed by atoms with Crippen LogP contribution in [0.15, 0.2) is 66.6 Å². The highest BCUT2D eigenvalue weighted by Gasteiger charge is 2.52. The van der Waals surface area contributed by atoms with Crippen molar-refractivity contribution in [3.05, 3.63) is 72.1 Å². The number of rotatable bonds is 7. The van der Waals surface area contributed by atoms with Crippen molar-refractivity contribution in [2.45, 2.75) is 32.2 Å². The van der Waals surface area contributed by atoms with E-state index in [0.29, 0.717) is 38.1 Å². The molecule has 1 saturated heterocycles. The van der Waals surface area contributed by atoms with Gasteiger partial charge in [0.2, 0.25) is 11.7 Å². The van der Waals surface area contributed by atoms with Crippen molar-refractivity contribution >= 4 is 29.2 Å². The van der Waals surface area contributed by atoms with Gasteiger partial charge in [0.25, 0.3) is 11.6 Å². The Morgan fingerprint density at radius 3 is 2.15 bits per heavy atom. The molecule has 2 aromatic carbocycles. The van der Waals surface area contributed by atoms with Crippen LogP contribution in [-0.4, -0.2) is 60.1 Å². The number of allylic oxidation sites excluding steroid dienone is 1. The maximum Gasteiger partial charge on any atom is 0.450 e. The third kappa shape index (κ3) is 5.94. The number of carbonyl (C=O) groups is 3. The zero-order chi connectivity index (χ0) is 28.4. The summed E-state index contributed by atoms with van der Waals surface area (Å²) in [7, 11) is 0. The van der Waals surface area contributed by atoms with E-state index in [1.807, 2.05) is 4.90 Å². The number of carboxylic acid groups (broad SMARTS) is 1. The number of carboxylic acids is 1. The average molecular weight is 547 g/mol. The van der Waals surface area contributed by atoms with E-state index in [2.05, 4.69) is 10.6 Å². The number of nitrogens with one attached hydrogen (secondary N) is 2. The van der Waals surface area contributed by atoms with Gasteiger partial charge in [0, 0.05) is 55.7 Å². The molecule has 12 heteroatoms. The van der Waals surface area contributed by atoms with E-state index >= 15 is 0 Å². The van der Waals surface area contributed by atoms with Crippen LogP contribution in [-0.2, 0) is 24.8 Å². The Morgan fingerprint density at radius 1 is 1.00 bits per heavy atom. The van der Waals surface area contributed by atoms with Gasteiger partial charge in [-0.3, -0.25) is 14.4 Å². The number of hydrogen-bond acceptors (Lipinski definition) is 6. The molecule has 1 atom stereocenters. The van der Waals surface area contributed by atoms with E-state index in [1.54, 1.807) is 47.4 Å². The molecule has 0 bridgehead atoms. The molecule has 3 N–H and O–H groups in total. The number of hydrogen-bond donors (Lipinski definition) is 3. The van der Waals surface area contributed by atoms with Gasteiger partial charge < -0.3 is 30.3 Å². The minimum Gasteiger partial charge on any atom is -0.481 e. The third-order valence-electron chi connectivity index (χ3n) is 6.74. The van der Waals surface area contributed by atoms with Crippen LogP contribution in [0.25, 0.3) is 0 Å². The molecule has 2 aromatic rings. The fourth-order valence-corrected chi connectivity index (χ4v) is 4.34. The number of ether oxygens (including phenoxy) is 1. The summed E-state index contributed by atoms with van der Waals surface area (Å²) >= 11 is 0. The number of aliphatic carboxylic acids is 1. The van der Waals surface area contributed by atoms with Crippen molar-refractivity contribution in [1.82, 2.24) is 10.2 Å². The summed E-state index contributed by atoms with van der Waals surface area (Å²) in [4.78, 5) is 40.8. The van der Waals surface area contributed by atoms with Gasteiger partial charge in [-0.25, -0.2) is 0 Å². The molecular weight excluding hydrogens is 517 g/mol. The van der Waals surface area contributed by atoms with Gasteiger partial charge >= 0.3 is 12.1 Å². The lowest BCUT2D eigenvalue weighted by molar-refractivity contribution is -0.163. The number of piperazine rings is 1. The highest BCUT2D eigenvalue weighted by molar-refractivity contribution is 5.98.